The van der Waals surface area contributed by atoms with E-state index in [2.05, 4.69) is 9.72 Å². The molecule has 0 aliphatic rings. The minimum Gasteiger partial charge on any atom is -0.494 e. The third-order valence-corrected chi connectivity index (χ3v) is 3.59. The van der Waals surface area contributed by atoms with Gasteiger partial charge in [-0.1, -0.05) is 0 Å². The van der Waals surface area contributed by atoms with Crippen LogP contribution in [0.2, 0.25) is 0 Å². The van der Waals surface area contributed by atoms with Gasteiger partial charge in [-0.3, -0.25) is 0 Å². The number of thiazole rings is 1. The second-order valence-electron chi connectivity index (χ2n) is 3.76. The second-order valence-corrected chi connectivity index (χ2v) is 4.97. The van der Waals surface area contributed by atoms with Crippen LogP contribution in [0.3, 0.4) is 0 Å². The lowest BCUT2D eigenvalue weighted by Crippen LogP contribution is -2.03. The maximum Gasteiger partial charge on any atom is 0.357 e. The molecule has 4 nitrogen and oxygen atoms in total. The van der Waals surface area contributed by atoms with Crippen LogP contribution in [0.25, 0.3) is 10.6 Å². The Morgan fingerprint density at radius 3 is 2.68 bits per heavy atom. The summed E-state index contributed by atoms with van der Waals surface area (Å²) in [5.41, 5.74) is 0.861. The molecule has 1 aromatic carbocycles. The van der Waals surface area contributed by atoms with Gasteiger partial charge in [0.15, 0.2) is 17.3 Å². The predicted molar refractivity (Wildman–Crippen MR) is 70.1 cm³/mol. The first-order valence-corrected chi connectivity index (χ1v) is 6.28. The predicted octanol–water partition coefficient (Wildman–Crippen LogP) is 3.05. The largest absolute Gasteiger partial charge is 0.494 e. The van der Waals surface area contributed by atoms with E-state index in [4.69, 9.17) is 4.74 Å². The van der Waals surface area contributed by atoms with Gasteiger partial charge < -0.3 is 9.47 Å². The fourth-order valence-corrected chi connectivity index (χ4v) is 2.50. The topological polar surface area (TPSA) is 48.4 Å². The van der Waals surface area contributed by atoms with Crippen LogP contribution in [-0.4, -0.2) is 25.2 Å². The summed E-state index contributed by atoms with van der Waals surface area (Å²) >= 11 is 1.31. The summed E-state index contributed by atoms with van der Waals surface area (Å²) in [6.07, 6.45) is 0. The van der Waals surface area contributed by atoms with Gasteiger partial charge in [0.05, 0.1) is 14.2 Å². The van der Waals surface area contributed by atoms with Gasteiger partial charge >= 0.3 is 5.97 Å². The number of carbonyl (C=O) groups excluding carboxylic acids is 1. The number of ether oxygens (including phenoxy) is 2. The standard InChI is InChI=1S/C13H12FNO3S/c1-7-11(13(16)18-3)15-12(19-7)8-4-5-10(17-2)9(14)6-8/h4-6H,1-3H3. The van der Waals surface area contributed by atoms with Crippen LogP contribution in [0, 0.1) is 12.7 Å². The average molecular weight is 281 g/mol. The molecular weight excluding hydrogens is 269 g/mol. The van der Waals surface area contributed by atoms with E-state index >= 15 is 0 Å². The van der Waals surface area contributed by atoms with Crippen LogP contribution in [-0.2, 0) is 4.74 Å². The molecule has 0 fully saturated rings. The molecule has 0 saturated heterocycles. The fraction of sp³-hybridized carbons (Fsp3) is 0.231. The molecular formula is C13H12FNO3S. The van der Waals surface area contributed by atoms with Crippen molar-refractivity contribution in [3.63, 3.8) is 0 Å². The Labute approximate surface area is 113 Å². The number of aryl methyl sites for hydroxylation is 1. The minimum absolute atomic E-state index is 0.171. The fourth-order valence-electron chi connectivity index (χ4n) is 1.61. The summed E-state index contributed by atoms with van der Waals surface area (Å²) in [5, 5.41) is 0.569. The van der Waals surface area contributed by atoms with Gasteiger partial charge in [0.1, 0.15) is 5.01 Å². The average Bonchev–Trinajstić information content (AvgIpc) is 2.80. The number of esters is 1. The molecule has 0 unspecified atom stereocenters. The van der Waals surface area contributed by atoms with Crippen LogP contribution >= 0.6 is 11.3 Å². The number of carbonyl (C=O) groups is 1. The van der Waals surface area contributed by atoms with Gasteiger partial charge in [-0.25, -0.2) is 14.2 Å². The van der Waals surface area contributed by atoms with Gasteiger partial charge in [0.25, 0.3) is 0 Å². The first-order valence-electron chi connectivity index (χ1n) is 5.46. The molecule has 19 heavy (non-hydrogen) atoms. The number of hydrogen-bond donors (Lipinski definition) is 0. The van der Waals surface area contributed by atoms with E-state index in [9.17, 15) is 9.18 Å². The summed E-state index contributed by atoms with van der Waals surface area (Å²) in [5.74, 6) is -0.785. The molecule has 0 radical (unpaired) electrons. The molecule has 0 bridgehead atoms. The van der Waals surface area contributed by atoms with E-state index in [0.29, 0.717) is 10.6 Å². The van der Waals surface area contributed by atoms with E-state index in [1.807, 2.05) is 0 Å². The highest BCUT2D eigenvalue weighted by Crippen LogP contribution is 2.30. The second kappa shape index (κ2) is 5.36. The molecule has 0 N–H and O–H groups in total. The highest BCUT2D eigenvalue weighted by atomic mass is 32.1. The summed E-state index contributed by atoms with van der Waals surface area (Å²) in [7, 11) is 2.70. The van der Waals surface area contributed by atoms with Gasteiger partial charge in [0.2, 0.25) is 0 Å². The van der Waals surface area contributed by atoms with Crippen LogP contribution in [0.5, 0.6) is 5.75 Å². The zero-order valence-corrected chi connectivity index (χ0v) is 11.5. The summed E-state index contributed by atoms with van der Waals surface area (Å²) < 4.78 is 23.1. The van der Waals surface area contributed by atoms with Crippen molar-refractivity contribution in [2.45, 2.75) is 6.92 Å². The van der Waals surface area contributed by atoms with Gasteiger partial charge in [0, 0.05) is 10.4 Å². The number of nitrogens with zero attached hydrogens (tertiary/aromatic N) is 1. The lowest BCUT2D eigenvalue weighted by molar-refractivity contribution is 0.0594. The normalized spacial score (nSPS) is 10.3. The molecule has 1 heterocycles. The highest BCUT2D eigenvalue weighted by Gasteiger charge is 2.17. The molecule has 1 aromatic heterocycles. The van der Waals surface area contributed by atoms with Crippen molar-refractivity contribution < 1.29 is 18.7 Å². The first-order chi connectivity index (χ1) is 9.06. The van der Waals surface area contributed by atoms with Crippen molar-refractivity contribution in [1.82, 2.24) is 4.98 Å². The summed E-state index contributed by atoms with van der Waals surface area (Å²) in [6, 6.07) is 4.55. The maximum absolute atomic E-state index is 13.6. The van der Waals surface area contributed by atoms with Crippen LogP contribution in [0.4, 0.5) is 4.39 Å². The molecule has 6 heteroatoms. The number of benzene rings is 1. The Morgan fingerprint density at radius 2 is 2.11 bits per heavy atom. The quantitative estimate of drug-likeness (QED) is 0.811. The molecule has 0 atom stereocenters. The highest BCUT2D eigenvalue weighted by molar-refractivity contribution is 7.15. The third-order valence-electron chi connectivity index (χ3n) is 2.57. The van der Waals surface area contributed by atoms with E-state index in [0.717, 1.165) is 4.88 Å². The van der Waals surface area contributed by atoms with Crippen molar-refractivity contribution in [2.24, 2.45) is 0 Å². The smallest absolute Gasteiger partial charge is 0.357 e. The van der Waals surface area contributed by atoms with E-state index in [-0.39, 0.29) is 11.4 Å². The summed E-state index contributed by atoms with van der Waals surface area (Å²) in [6.45, 7) is 1.77. The van der Waals surface area contributed by atoms with Crippen molar-refractivity contribution in [3.05, 3.63) is 34.6 Å². The van der Waals surface area contributed by atoms with Gasteiger partial charge in [-0.15, -0.1) is 11.3 Å². The minimum atomic E-state index is -0.492. The number of methoxy groups -OCH3 is 2. The SMILES string of the molecule is COC(=O)c1nc(-c2ccc(OC)c(F)c2)sc1C. The van der Waals surface area contributed by atoms with Crippen LogP contribution < -0.4 is 4.74 Å². The number of hydrogen-bond acceptors (Lipinski definition) is 5. The molecule has 0 aliphatic heterocycles. The Balaban J connectivity index is 2.42. The monoisotopic (exact) mass is 281 g/mol. The maximum atomic E-state index is 13.6. The van der Waals surface area contributed by atoms with E-state index in [1.54, 1.807) is 13.0 Å². The molecule has 0 amide bonds. The number of halogens is 1. The zero-order chi connectivity index (χ0) is 14.0. The zero-order valence-electron chi connectivity index (χ0n) is 10.7. The van der Waals surface area contributed by atoms with Crippen molar-refractivity contribution in [3.8, 4) is 16.3 Å². The molecule has 100 valence electrons. The lowest BCUT2D eigenvalue weighted by Gasteiger charge is -2.02. The number of aromatic nitrogens is 1. The van der Waals surface area contributed by atoms with E-state index < -0.39 is 11.8 Å². The van der Waals surface area contributed by atoms with Crippen LogP contribution in [0.1, 0.15) is 15.4 Å². The summed E-state index contributed by atoms with van der Waals surface area (Å²) in [4.78, 5) is 16.4. The molecule has 2 rings (SSSR count). The van der Waals surface area contributed by atoms with E-state index in [1.165, 1.54) is 37.7 Å². The van der Waals surface area contributed by atoms with Gasteiger partial charge in [-0.2, -0.15) is 0 Å². The Kier molecular flexibility index (Phi) is 3.80. The molecule has 0 aliphatic carbocycles. The van der Waals surface area contributed by atoms with Crippen molar-refractivity contribution >= 4 is 17.3 Å². The molecule has 2 aromatic rings. The Hall–Kier alpha value is -1.95. The van der Waals surface area contributed by atoms with Crippen molar-refractivity contribution in [2.75, 3.05) is 14.2 Å². The first kappa shape index (κ1) is 13.5. The Morgan fingerprint density at radius 1 is 1.37 bits per heavy atom. The lowest BCUT2D eigenvalue weighted by atomic mass is 10.2. The van der Waals surface area contributed by atoms with Crippen molar-refractivity contribution in [1.29, 1.82) is 0 Å². The number of rotatable bonds is 3. The Bertz CT molecular complexity index is 624. The molecule has 0 saturated carbocycles. The molecule has 0 spiro atoms. The third kappa shape index (κ3) is 2.58. The van der Waals surface area contributed by atoms with Crippen LogP contribution in [0.15, 0.2) is 18.2 Å². The van der Waals surface area contributed by atoms with Gasteiger partial charge in [-0.05, 0) is 25.1 Å².